The number of nitrogens with zero attached hydrogens (tertiary/aromatic N) is 1. The van der Waals surface area contributed by atoms with Crippen LogP contribution in [-0.4, -0.2) is 10.2 Å². The van der Waals surface area contributed by atoms with Crippen molar-refractivity contribution in [2.24, 2.45) is 0 Å². The second-order valence-electron chi connectivity index (χ2n) is 2.92. The predicted molar refractivity (Wildman–Crippen MR) is 64.6 cm³/mol. The molecule has 0 radical (unpaired) electrons. The maximum absolute atomic E-state index is 11.0. The van der Waals surface area contributed by atoms with E-state index in [2.05, 4.69) is 20.9 Å². The highest BCUT2D eigenvalue weighted by Gasteiger charge is 2.11. The molecule has 0 aliphatic heterocycles. The number of rotatable bonds is 1. The summed E-state index contributed by atoms with van der Waals surface area (Å²) in [4.78, 5) is 15.1. The quantitative estimate of drug-likeness (QED) is 0.745. The molecule has 0 aliphatic carbocycles. The van der Waals surface area contributed by atoms with E-state index in [1.807, 2.05) is 12.1 Å². The number of benzene rings is 1. The average molecular weight is 305 g/mol. The molecule has 2 nitrogen and oxygen atoms in total. The number of halogens is 3. The fourth-order valence-corrected chi connectivity index (χ4v) is 2.11. The van der Waals surface area contributed by atoms with E-state index in [-0.39, 0.29) is 5.56 Å². The van der Waals surface area contributed by atoms with Crippen LogP contribution in [0.5, 0.6) is 0 Å². The molecular formula is C10H4BrCl2NO. The summed E-state index contributed by atoms with van der Waals surface area (Å²) in [6.45, 7) is 0. The summed E-state index contributed by atoms with van der Waals surface area (Å²) in [6, 6.07) is 5.44. The molecule has 0 fully saturated rings. The number of pyridine rings is 1. The average Bonchev–Trinajstić information content (AvgIpc) is 2.17. The van der Waals surface area contributed by atoms with Crippen LogP contribution in [0.3, 0.4) is 0 Å². The minimum atomic E-state index is -0.600. The first-order valence-electron chi connectivity index (χ1n) is 4.03. The Labute approximate surface area is 104 Å². The lowest BCUT2D eigenvalue weighted by Crippen LogP contribution is -1.93. The van der Waals surface area contributed by atoms with E-state index in [0.717, 1.165) is 9.99 Å². The van der Waals surface area contributed by atoms with E-state index in [9.17, 15) is 4.79 Å². The van der Waals surface area contributed by atoms with Gasteiger partial charge in [-0.3, -0.25) is 9.78 Å². The molecule has 1 aromatic heterocycles. The molecule has 5 heteroatoms. The molecule has 0 aliphatic rings. The Bertz CT molecular complexity index is 556. The normalized spacial score (nSPS) is 10.6. The van der Waals surface area contributed by atoms with Crippen LogP contribution in [0.4, 0.5) is 0 Å². The Morgan fingerprint density at radius 1 is 1.40 bits per heavy atom. The van der Waals surface area contributed by atoms with E-state index in [1.165, 1.54) is 6.20 Å². The lowest BCUT2D eigenvalue weighted by atomic mass is 10.2. The number of carbonyl (C=O) groups excluding carboxylic acids is 1. The van der Waals surface area contributed by atoms with Gasteiger partial charge in [-0.2, -0.15) is 0 Å². The summed E-state index contributed by atoms with van der Waals surface area (Å²) in [6.07, 6.45) is 1.38. The van der Waals surface area contributed by atoms with Gasteiger partial charge in [-0.15, -0.1) is 0 Å². The van der Waals surface area contributed by atoms with Crippen molar-refractivity contribution in [1.82, 2.24) is 4.98 Å². The van der Waals surface area contributed by atoms with Crippen LogP contribution in [0.1, 0.15) is 10.4 Å². The van der Waals surface area contributed by atoms with Crippen molar-refractivity contribution in [3.63, 3.8) is 0 Å². The van der Waals surface area contributed by atoms with Gasteiger partial charge < -0.3 is 0 Å². The van der Waals surface area contributed by atoms with Gasteiger partial charge in [0.25, 0.3) is 5.24 Å². The summed E-state index contributed by atoms with van der Waals surface area (Å²) >= 11 is 14.7. The molecule has 1 heterocycles. The first-order valence-corrected chi connectivity index (χ1v) is 5.58. The third-order valence-electron chi connectivity index (χ3n) is 1.98. The summed E-state index contributed by atoms with van der Waals surface area (Å²) < 4.78 is 0.906. The summed E-state index contributed by atoms with van der Waals surface area (Å²) in [5, 5.41) is 0.455. The number of hydrogen-bond acceptors (Lipinski definition) is 2. The van der Waals surface area contributed by atoms with E-state index >= 15 is 0 Å². The van der Waals surface area contributed by atoms with Crippen molar-refractivity contribution in [2.45, 2.75) is 0 Å². The first kappa shape index (κ1) is 10.9. The van der Waals surface area contributed by atoms with Gasteiger partial charge in [0.05, 0.1) is 16.1 Å². The molecule has 2 aromatic rings. The summed E-state index contributed by atoms with van der Waals surface area (Å²) in [7, 11) is 0. The second-order valence-corrected chi connectivity index (χ2v) is 4.56. The standard InChI is InChI=1S/C10H4BrCl2NO/c11-5-1-2-6-8(3-5)14-4-7(9(6)12)10(13)15/h1-4H. The zero-order valence-electron chi connectivity index (χ0n) is 7.30. The van der Waals surface area contributed by atoms with Crippen molar-refractivity contribution in [3.05, 3.63) is 39.5 Å². The Balaban J connectivity index is 2.80. The van der Waals surface area contributed by atoms with Gasteiger partial charge in [0.15, 0.2) is 0 Å². The highest BCUT2D eigenvalue weighted by molar-refractivity contribution is 9.10. The molecule has 0 amide bonds. The Kier molecular flexibility index (Phi) is 2.96. The fourth-order valence-electron chi connectivity index (χ4n) is 1.27. The van der Waals surface area contributed by atoms with Gasteiger partial charge in [-0.1, -0.05) is 33.6 Å². The largest absolute Gasteiger partial charge is 0.275 e. The van der Waals surface area contributed by atoms with Crippen molar-refractivity contribution >= 4 is 55.3 Å². The van der Waals surface area contributed by atoms with E-state index in [4.69, 9.17) is 23.2 Å². The van der Waals surface area contributed by atoms with Crippen LogP contribution in [0.2, 0.25) is 5.02 Å². The lowest BCUT2D eigenvalue weighted by molar-refractivity contribution is 0.108. The minimum absolute atomic E-state index is 0.230. The minimum Gasteiger partial charge on any atom is -0.275 e. The SMILES string of the molecule is O=C(Cl)c1cnc2cc(Br)ccc2c1Cl. The van der Waals surface area contributed by atoms with Crippen LogP contribution in [0.25, 0.3) is 10.9 Å². The highest BCUT2D eigenvalue weighted by Crippen LogP contribution is 2.28. The van der Waals surface area contributed by atoms with E-state index in [0.29, 0.717) is 10.4 Å². The van der Waals surface area contributed by atoms with Crippen LogP contribution in [0.15, 0.2) is 28.9 Å². The number of hydrogen-bond donors (Lipinski definition) is 0. The van der Waals surface area contributed by atoms with Crippen molar-refractivity contribution in [1.29, 1.82) is 0 Å². The third-order valence-corrected chi connectivity index (χ3v) is 3.08. The monoisotopic (exact) mass is 303 g/mol. The highest BCUT2D eigenvalue weighted by atomic mass is 79.9. The zero-order valence-corrected chi connectivity index (χ0v) is 10.4. The van der Waals surface area contributed by atoms with Crippen LogP contribution in [-0.2, 0) is 0 Å². The second kappa shape index (κ2) is 4.08. The Morgan fingerprint density at radius 3 is 2.80 bits per heavy atom. The number of carbonyl (C=O) groups is 1. The molecule has 0 N–H and O–H groups in total. The van der Waals surface area contributed by atoms with Crippen molar-refractivity contribution in [3.8, 4) is 0 Å². The molecule has 0 spiro atoms. The summed E-state index contributed by atoms with van der Waals surface area (Å²) in [5.74, 6) is 0. The van der Waals surface area contributed by atoms with Gasteiger partial charge in [0.1, 0.15) is 0 Å². The van der Waals surface area contributed by atoms with Gasteiger partial charge in [-0.25, -0.2) is 0 Å². The van der Waals surface area contributed by atoms with Crippen molar-refractivity contribution in [2.75, 3.05) is 0 Å². The van der Waals surface area contributed by atoms with Crippen LogP contribution in [0, 0.1) is 0 Å². The van der Waals surface area contributed by atoms with Gasteiger partial charge in [0.2, 0.25) is 0 Å². The molecule has 2 rings (SSSR count). The first-order chi connectivity index (χ1) is 7.09. The predicted octanol–water partition coefficient (Wildman–Crippen LogP) is 4.03. The van der Waals surface area contributed by atoms with E-state index in [1.54, 1.807) is 6.07 Å². The molecule has 0 saturated heterocycles. The van der Waals surface area contributed by atoms with Gasteiger partial charge in [-0.05, 0) is 23.7 Å². The molecular weight excluding hydrogens is 301 g/mol. The molecule has 15 heavy (non-hydrogen) atoms. The maximum atomic E-state index is 11.0. The fraction of sp³-hybridized carbons (Fsp3) is 0. The van der Waals surface area contributed by atoms with Crippen LogP contribution >= 0.6 is 39.1 Å². The molecule has 76 valence electrons. The number of fused-ring (bicyclic) bond motifs is 1. The topological polar surface area (TPSA) is 30.0 Å². The smallest absolute Gasteiger partial charge is 0.255 e. The van der Waals surface area contributed by atoms with E-state index < -0.39 is 5.24 Å². The lowest BCUT2D eigenvalue weighted by Gasteiger charge is -2.03. The molecule has 1 aromatic carbocycles. The Hall–Kier alpha value is -0.640. The zero-order chi connectivity index (χ0) is 11.0. The van der Waals surface area contributed by atoms with Gasteiger partial charge >= 0.3 is 0 Å². The third kappa shape index (κ3) is 2.00. The maximum Gasteiger partial charge on any atom is 0.255 e. The molecule has 0 atom stereocenters. The molecule has 0 saturated carbocycles. The van der Waals surface area contributed by atoms with Gasteiger partial charge in [0, 0.05) is 16.1 Å². The Morgan fingerprint density at radius 2 is 2.13 bits per heavy atom. The molecule has 0 bridgehead atoms. The number of aromatic nitrogens is 1. The molecule has 0 unspecified atom stereocenters. The van der Waals surface area contributed by atoms with Crippen molar-refractivity contribution < 1.29 is 4.79 Å². The summed E-state index contributed by atoms with van der Waals surface area (Å²) in [5.41, 5.74) is 0.948. The van der Waals surface area contributed by atoms with Crippen LogP contribution < -0.4 is 0 Å².